The highest BCUT2D eigenvalue weighted by Crippen LogP contribution is 2.36. The van der Waals surface area contributed by atoms with Gasteiger partial charge in [-0.2, -0.15) is 0 Å². The van der Waals surface area contributed by atoms with Crippen molar-refractivity contribution in [2.45, 2.75) is 26.3 Å². The van der Waals surface area contributed by atoms with Crippen LogP contribution < -0.4 is 4.90 Å². The zero-order valence-electron chi connectivity index (χ0n) is 13.5. The Hall–Kier alpha value is -2.14. The second kappa shape index (κ2) is 5.81. The van der Waals surface area contributed by atoms with Crippen LogP contribution in [0.25, 0.3) is 0 Å². The molecule has 120 valence electrons. The van der Waals surface area contributed by atoms with E-state index in [1.807, 2.05) is 24.1 Å². The maximum atomic E-state index is 8.22. The number of likely N-dealkylation sites (N-methyl/N-ethyl adjacent to an activating group) is 2. The predicted molar refractivity (Wildman–Crippen MR) is 96.4 cm³/mol. The molecule has 3 rings (SSSR count). The molecule has 0 aromatic heterocycles. The number of hydrogen-bond donors (Lipinski definition) is 2. The molecule has 0 aliphatic carbocycles. The van der Waals surface area contributed by atoms with Crippen LogP contribution in [-0.2, 0) is 6.42 Å². The highest BCUT2D eigenvalue weighted by atomic mass is 35.5. The number of anilines is 1. The normalized spacial score (nSPS) is 21.9. The van der Waals surface area contributed by atoms with Gasteiger partial charge in [0.05, 0.1) is 6.04 Å². The van der Waals surface area contributed by atoms with E-state index in [1.165, 1.54) is 11.3 Å². The minimum atomic E-state index is 0.0933. The third-order valence-electron chi connectivity index (χ3n) is 4.29. The number of aliphatic imine (C=N–C) groups is 1. The van der Waals surface area contributed by atoms with Gasteiger partial charge in [-0.15, -0.1) is 0 Å². The maximum absolute atomic E-state index is 8.22. The van der Waals surface area contributed by atoms with Gasteiger partial charge in [0.2, 0.25) is 0 Å². The molecule has 6 heteroatoms. The Morgan fingerprint density at radius 2 is 2.22 bits per heavy atom. The van der Waals surface area contributed by atoms with E-state index in [1.54, 1.807) is 13.0 Å². The summed E-state index contributed by atoms with van der Waals surface area (Å²) in [5.74, 6) is 1.20. The van der Waals surface area contributed by atoms with E-state index in [0.717, 1.165) is 23.8 Å². The summed E-state index contributed by atoms with van der Waals surface area (Å²) < 4.78 is 0. The number of nitrogens with zero attached hydrogens (tertiary/aromatic N) is 3. The summed E-state index contributed by atoms with van der Waals surface area (Å²) in [5, 5.41) is 16.6. The molecule has 0 bridgehead atoms. The smallest absolute Gasteiger partial charge is 0.152 e. The minimum absolute atomic E-state index is 0.0933. The number of hydrogen-bond acceptors (Lipinski definition) is 4. The highest BCUT2D eigenvalue weighted by Gasteiger charge is 2.37. The highest BCUT2D eigenvalue weighted by molar-refractivity contribution is 6.30. The van der Waals surface area contributed by atoms with Crippen LogP contribution in [0.2, 0.25) is 5.02 Å². The summed E-state index contributed by atoms with van der Waals surface area (Å²) in [4.78, 5) is 8.75. The molecule has 2 N–H and O–H groups in total. The number of fused-ring (bicyclic) bond motifs is 1. The molecule has 1 aromatic rings. The van der Waals surface area contributed by atoms with Gasteiger partial charge in [-0.1, -0.05) is 11.6 Å². The Bertz CT molecular complexity index is 749. The lowest BCUT2D eigenvalue weighted by molar-refractivity contribution is 0.674. The van der Waals surface area contributed by atoms with Crippen LogP contribution in [0, 0.1) is 10.8 Å². The van der Waals surface area contributed by atoms with Gasteiger partial charge in [-0.05, 0) is 43.7 Å². The fourth-order valence-corrected chi connectivity index (χ4v) is 3.44. The molecule has 2 aliphatic rings. The zero-order valence-corrected chi connectivity index (χ0v) is 14.3. The number of allylic oxidation sites excluding steroid dienone is 1. The van der Waals surface area contributed by atoms with Crippen LogP contribution in [0.3, 0.4) is 0 Å². The van der Waals surface area contributed by atoms with Crippen LogP contribution in [0.4, 0.5) is 5.69 Å². The molecule has 2 heterocycles. The molecular formula is C17H20ClN5. The summed E-state index contributed by atoms with van der Waals surface area (Å²) in [6.07, 6.45) is 2.47. The molecule has 23 heavy (non-hydrogen) atoms. The topological polar surface area (TPSA) is 66.5 Å². The molecule has 1 aromatic carbocycles. The molecule has 2 aliphatic heterocycles. The third-order valence-corrected chi connectivity index (χ3v) is 4.52. The van der Waals surface area contributed by atoms with E-state index in [4.69, 9.17) is 22.4 Å². The summed E-state index contributed by atoms with van der Waals surface area (Å²) in [5.41, 5.74) is 3.36. The molecule has 0 spiro atoms. The molecule has 0 amide bonds. The van der Waals surface area contributed by atoms with Crippen LogP contribution >= 0.6 is 11.6 Å². The second-order valence-corrected chi connectivity index (χ2v) is 6.31. The lowest BCUT2D eigenvalue weighted by Crippen LogP contribution is -2.45. The second-order valence-electron chi connectivity index (χ2n) is 5.87. The van der Waals surface area contributed by atoms with E-state index in [-0.39, 0.29) is 6.04 Å². The van der Waals surface area contributed by atoms with Gasteiger partial charge in [0.1, 0.15) is 11.5 Å². The minimum Gasteiger partial charge on any atom is -0.361 e. The van der Waals surface area contributed by atoms with E-state index in [0.29, 0.717) is 17.2 Å². The van der Waals surface area contributed by atoms with Gasteiger partial charge in [-0.3, -0.25) is 5.41 Å². The van der Waals surface area contributed by atoms with Crippen molar-refractivity contribution in [1.82, 2.24) is 4.90 Å². The average molecular weight is 330 g/mol. The lowest BCUT2D eigenvalue weighted by atomic mass is 10.1. The first kappa shape index (κ1) is 15.7. The Morgan fingerprint density at radius 3 is 2.87 bits per heavy atom. The van der Waals surface area contributed by atoms with Crippen molar-refractivity contribution < 1.29 is 0 Å². The van der Waals surface area contributed by atoms with Crippen molar-refractivity contribution in [2.75, 3.05) is 18.5 Å². The van der Waals surface area contributed by atoms with Crippen LogP contribution in [0.5, 0.6) is 0 Å². The summed E-state index contributed by atoms with van der Waals surface area (Å²) in [6.45, 7) is 4.68. The Balaban J connectivity index is 1.99. The fourth-order valence-electron chi connectivity index (χ4n) is 3.25. The van der Waals surface area contributed by atoms with Crippen LogP contribution in [0.15, 0.2) is 35.0 Å². The number of amidine groups is 2. The van der Waals surface area contributed by atoms with Crippen LogP contribution in [-0.4, -0.2) is 41.9 Å². The van der Waals surface area contributed by atoms with E-state index in [9.17, 15) is 0 Å². The molecule has 1 atom stereocenters. The van der Waals surface area contributed by atoms with Crippen molar-refractivity contribution in [3.8, 4) is 0 Å². The van der Waals surface area contributed by atoms with Crippen molar-refractivity contribution in [2.24, 2.45) is 4.99 Å². The van der Waals surface area contributed by atoms with Gasteiger partial charge < -0.3 is 15.2 Å². The summed E-state index contributed by atoms with van der Waals surface area (Å²) in [6, 6.07) is 6.08. The van der Waals surface area contributed by atoms with E-state index < -0.39 is 0 Å². The standard InChI is InChI=1S/C17H20ClN5/c1-4-23-14-6-5-12(18)8-11(14)9-15(23)17-21-13(7-10(2)19)16(20)22(17)3/h5-8,15,19-20H,4,9H2,1-3H3/b13-7+,19-10?,20-16?. The maximum Gasteiger partial charge on any atom is 0.152 e. The first-order valence-electron chi connectivity index (χ1n) is 7.65. The zero-order chi connectivity index (χ0) is 16.7. The molecule has 0 saturated carbocycles. The lowest BCUT2D eigenvalue weighted by Gasteiger charge is -2.29. The molecule has 0 radical (unpaired) electrons. The fraction of sp³-hybridized carbons (Fsp3) is 0.353. The molecular weight excluding hydrogens is 310 g/mol. The van der Waals surface area contributed by atoms with Crippen molar-refractivity contribution in [3.05, 3.63) is 40.6 Å². The van der Waals surface area contributed by atoms with Gasteiger partial charge in [0.25, 0.3) is 0 Å². The van der Waals surface area contributed by atoms with Gasteiger partial charge in [0, 0.05) is 36.4 Å². The molecule has 0 fully saturated rings. The Kier molecular flexibility index (Phi) is 3.98. The van der Waals surface area contributed by atoms with Crippen molar-refractivity contribution in [3.63, 3.8) is 0 Å². The summed E-state index contributed by atoms with van der Waals surface area (Å²) >= 11 is 6.13. The number of nitrogens with one attached hydrogen (secondary N) is 2. The van der Waals surface area contributed by atoms with Crippen molar-refractivity contribution >= 4 is 34.7 Å². The first-order chi connectivity index (χ1) is 10.9. The van der Waals surface area contributed by atoms with Gasteiger partial charge >= 0.3 is 0 Å². The van der Waals surface area contributed by atoms with Gasteiger partial charge in [0.15, 0.2) is 5.84 Å². The first-order valence-corrected chi connectivity index (χ1v) is 8.03. The quantitative estimate of drug-likeness (QED) is 0.835. The largest absolute Gasteiger partial charge is 0.361 e. The van der Waals surface area contributed by atoms with Gasteiger partial charge in [-0.25, -0.2) is 4.99 Å². The molecule has 1 unspecified atom stereocenters. The monoisotopic (exact) mass is 329 g/mol. The molecule has 0 saturated heterocycles. The number of rotatable bonds is 3. The SMILES string of the molecule is CCN1c2ccc(Cl)cc2CC1C1=N/C(=C/C(C)=N)C(=N)N1C. The predicted octanol–water partition coefficient (Wildman–Crippen LogP) is 3.34. The van der Waals surface area contributed by atoms with E-state index >= 15 is 0 Å². The number of benzene rings is 1. The Morgan fingerprint density at radius 1 is 1.48 bits per heavy atom. The van der Waals surface area contributed by atoms with Crippen molar-refractivity contribution in [1.29, 1.82) is 10.8 Å². The number of halogens is 1. The Labute approximate surface area is 141 Å². The third kappa shape index (κ3) is 2.65. The molecule has 5 nitrogen and oxygen atoms in total. The average Bonchev–Trinajstić information content (AvgIpc) is 2.98. The summed E-state index contributed by atoms with van der Waals surface area (Å²) in [7, 11) is 1.87. The van der Waals surface area contributed by atoms with E-state index in [2.05, 4.69) is 22.9 Å². The van der Waals surface area contributed by atoms with Crippen LogP contribution in [0.1, 0.15) is 19.4 Å².